The highest BCUT2D eigenvalue weighted by molar-refractivity contribution is 5.85. The summed E-state index contributed by atoms with van der Waals surface area (Å²) in [6.07, 6.45) is 5.62. The fourth-order valence-corrected chi connectivity index (χ4v) is 3.89. The first kappa shape index (κ1) is 14.9. The van der Waals surface area contributed by atoms with Crippen LogP contribution < -0.4 is 10.6 Å². The Kier molecular flexibility index (Phi) is 3.74. The monoisotopic (exact) mass is 306 g/mol. The molecule has 21 heavy (non-hydrogen) atoms. The van der Waals surface area contributed by atoms with Gasteiger partial charge in [0, 0.05) is 5.92 Å². The van der Waals surface area contributed by atoms with Gasteiger partial charge in [-0.1, -0.05) is 30.3 Å². The van der Waals surface area contributed by atoms with Crippen LogP contribution in [-0.4, -0.2) is 19.0 Å². The first-order chi connectivity index (χ1) is 9.74. The number of rotatable bonds is 3. The van der Waals surface area contributed by atoms with Gasteiger partial charge in [-0.25, -0.2) is 0 Å². The number of benzene rings is 1. The summed E-state index contributed by atoms with van der Waals surface area (Å²) in [5, 5.41) is 6.75. The lowest BCUT2D eigenvalue weighted by molar-refractivity contribution is -0.124. The molecular formula is C17H23ClN2O. The van der Waals surface area contributed by atoms with Gasteiger partial charge in [-0.05, 0) is 56.2 Å². The molecule has 1 spiro atoms. The smallest absolute Gasteiger partial charge is 0.224 e. The van der Waals surface area contributed by atoms with Gasteiger partial charge in [0.15, 0.2) is 0 Å². The molecule has 1 aromatic carbocycles. The van der Waals surface area contributed by atoms with E-state index in [4.69, 9.17) is 0 Å². The van der Waals surface area contributed by atoms with E-state index in [1.54, 1.807) is 0 Å². The fourth-order valence-electron chi connectivity index (χ4n) is 3.89. The van der Waals surface area contributed by atoms with Gasteiger partial charge in [0.05, 0.1) is 5.54 Å². The summed E-state index contributed by atoms with van der Waals surface area (Å²) in [7, 11) is 0. The first-order valence-electron chi connectivity index (χ1n) is 7.83. The minimum Gasteiger partial charge on any atom is -0.346 e. The molecule has 2 saturated carbocycles. The Bertz CT molecular complexity index is 521. The first-order valence-corrected chi connectivity index (χ1v) is 7.83. The van der Waals surface area contributed by atoms with E-state index in [2.05, 4.69) is 34.9 Å². The summed E-state index contributed by atoms with van der Waals surface area (Å²) in [6.45, 7) is 2.15. The van der Waals surface area contributed by atoms with Crippen molar-refractivity contribution >= 4 is 18.3 Å². The maximum Gasteiger partial charge on any atom is 0.224 e. The molecule has 0 bridgehead atoms. The molecule has 1 heterocycles. The quantitative estimate of drug-likeness (QED) is 0.901. The molecule has 2 aliphatic carbocycles. The van der Waals surface area contributed by atoms with Crippen molar-refractivity contribution in [1.82, 2.24) is 10.6 Å². The van der Waals surface area contributed by atoms with E-state index in [0.29, 0.717) is 11.3 Å². The van der Waals surface area contributed by atoms with Crippen molar-refractivity contribution < 1.29 is 4.79 Å². The largest absolute Gasteiger partial charge is 0.346 e. The van der Waals surface area contributed by atoms with Gasteiger partial charge in [0.25, 0.3) is 0 Å². The van der Waals surface area contributed by atoms with Gasteiger partial charge in [-0.3, -0.25) is 4.79 Å². The van der Waals surface area contributed by atoms with Gasteiger partial charge in [0.1, 0.15) is 0 Å². The van der Waals surface area contributed by atoms with E-state index >= 15 is 0 Å². The Balaban J connectivity index is 0.00000132. The lowest BCUT2D eigenvalue weighted by atomic mass is 9.91. The maximum absolute atomic E-state index is 12.6. The van der Waals surface area contributed by atoms with E-state index in [0.717, 1.165) is 32.4 Å². The minimum atomic E-state index is -0.0466. The van der Waals surface area contributed by atoms with E-state index < -0.39 is 0 Å². The highest BCUT2D eigenvalue weighted by atomic mass is 35.5. The van der Waals surface area contributed by atoms with Crippen molar-refractivity contribution in [3.63, 3.8) is 0 Å². The van der Waals surface area contributed by atoms with E-state index in [1.165, 1.54) is 18.4 Å². The number of nitrogens with one attached hydrogen (secondary N) is 2. The zero-order chi connectivity index (χ0) is 13.6. The molecule has 1 atom stereocenters. The van der Waals surface area contributed by atoms with Gasteiger partial charge < -0.3 is 10.6 Å². The summed E-state index contributed by atoms with van der Waals surface area (Å²) in [5.74, 6) is 0.569. The Labute approximate surface area is 132 Å². The van der Waals surface area contributed by atoms with Crippen LogP contribution in [0.2, 0.25) is 0 Å². The van der Waals surface area contributed by atoms with Crippen LogP contribution in [0.15, 0.2) is 30.3 Å². The Hall–Kier alpha value is -1.06. The predicted molar refractivity (Wildman–Crippen MR) is 85.4 cm³/mol. The third kappa shape index (κ3) is 2.58. The highest BCUT2D eigenvalue weighted by Gasteiger charge is 2.59. The van der Waals surface area contributed by atoms with Crippen LogP contribution in [0.25, 0.3) is 0 Å². The van der Waals surface area contributed by atoms with E-state index in [1.807, 2.05) is 6.07 Å². The lowest BCUT2D eigenvalue weighted by Gasteiger charge is -2.24. The zero-order valence-electron chi connectivity index (χ0n) is 12.2. The second kappa shape index (κ2) is 5.29. The fraction of sp³-hybridized carbons (Fsp3) is 0.588. The molecule has 1 aromatic rings. The summed E-state index contributed by atoms with van der Waals surface area (Å²) in [4.78, 5) is 12.6. The average molecular weight is 307 g/mol. The highest BCUT2D eigenvalue weighted by Crippen LogP contribution is 2.59. The third-order valence-corrected chi connectivity index (χ3v) is 5.54. The molecular weight excluding hydrogens is 284 g/mol. The average Bonchev–Trinajstić information content (AvgIpc) is 3.39. The van der Waals surface area contributed by atoms with Crippen molar-refractivity contribution in [2.45, 2.75) is 37.6 Å². The predicted octanol–water partition coefficient (Wildman–Crippen LogP) is 2.60. The second-order valence-corrected chi connectivity index (χ2v) is 6.81. The van der Waals surface area contributed by atoms with Crippen molar-refractivity contribution in [1.29, 1.82) is 0 Å². The molecule has 0 aromatic heterocycles. The normalized spacial score (nSPS) is 27.5. The molecule has 1 aliphatic heterocycles. The standard InChI is InChI=1S/C17H22N2O.ClH/c20-15(14-12-16(14)8-10-18-11-9-16)19-17(6-7-17)13-4-2-1-3-5-13;/h1-5,14,18H,6-12H2,(H,19,20);1H. The molecule has 3 fully saturated rings. The molecule has 1 saturated heterocycles. The maximum atomic E-state index is 12.6. The molecule has 2 N–H and O–H groups in total. The van der Waals surface area contributed by atoms with Gasteiger partial charge in [0.2, 0.25) is 5.91 Å². The number of hydrogen-bond donors (Lipinski definition) is 2. The Morgan fingerprint density at radius 3 is 2.38 bits per heavy atom. The van der Waals surface area contributed by atoms with Gasteiger partial charge in [-0.2, -0.15) is 0 Å². The summed E-state index contributed by atoms with van der Waals surface area (Å²) >= 11 is 0. The second-order valence-electron chi connectivity index (χ2n) is 6.81. The number of carbonyl (C=O) groups excluding carboxylic acids is 1. The van der Waals surface area contributed by atoms with E-state index in [-0.39, 0.29) is 23.9 Å². The zero-order valence-corrected chi connectivity index (χ0v) is 13.0. The van der Waals surface area contributed by atoms with Gasteiger partial charge >= 0.3 is 0 Å². The molecule has 1 unspecified atom stereocenters. The van der Waals surface area contributed by atoms with Crippen LogP contribution in [0.4, 0.5) is 0 Å². The molecule has 4 rings (SSSR count). The third-order valence-electron chi connectivity index (χ3n) is 5.54. The van der Waals surface area contributed by atoms with Crippen LogP contribution in [0.5, 0.6) is 0 Å². The van der Waals surface area contributed by atoms with Gasteiger partial charge in [-0.15, -0.1) is 12.4 Å². The molecule has 0 radical (unpaired) electrons. The number of carbonyl (C=O) groups is 1. The summed E-state index contributed by atoms with van der Waals surface area (Å²) < 4.78 is 0. The van der Waals surface area contributed by atoms with Crippen LogP contribution in [0, 0.1) is 11.3 Å². The minimum absolute atomic E-state index is 0. The SMILES string of the molecule is Cl.O=C(NC1(c2ccccc2)CC1)C1CC12CCNCC2. The number of piperidine rings is 1. The number of hydrogen-bond acceptors (Lipinski definition) is 2. The van der Waals surface area contributed by atoms with Crippen LogP contribution in [0.1, 0.15) is 37.7 Å². The Morgan fingerprint density at radius 1 is 1.10 bits per heavy atom. The van der Waals surface area contributed by atoms with Crippen LogP contribution >= 0.6 is 12.4 Å². The Morgan fingerprint density at radius 2 is 1.76 bits per heavy atom. The number of amides is 1. The molecule has 3 aliphatic rings. The van der Waals surface area contributed by atoms with E-state index in [9.17, 15) is 4.79 Å². The summed E-state index contributed by atoms with van der Waals surface area (Å²) in [5.41, 5.74) is 1.56. The molecule has 1 amide bonds. The lowest BCUT2D eigenvalue weighted by Crippen LogP contribution is -2.38. The molecule has 3 nitrogen and oxygen atoms in total. The van der Waals surface area contributed by atoms with Crippen molar-refractivity contribution in [3.05, 3.63) is 35.9 Å². The van der Waals surface area contributed by atoms with Crippen LogP contribution in [-0.2, 0) is 10.3 Å². The molecule has 4 heteroatoms. The number of halogens is 1. The van der Waals surface area contributed by atoms with Crippen molar-refractivity contribution in [3.8, 4) is 0 Å². The van der Waals surface area contributed by atoms with Crippen LogP contribution in [0.3, 0.4) is 0 Å². The van der Waals surface area contributed by atoms with Crippen molar-refractivity contribution in [2.75, 3.05) is 13.1 Å². The van der Waals surface area contributed by atoms with Crippen molar-refractivity contribution in [2.24, 2.45) is 11.3 Å². The topological polar surface area (TPSA) is 41.1 Å². The summed E-state index contributed by atoms with van der Waals surface area (Å²) in [6, 6.07) is 10.4. The molecule has 114 valence electrons.